The summed E-state index contributed by atoms with van der Waals surface area (Å²) in [5.41, 5.74) is 3.06. The third kappa shape index (κ3) is 6.20. The molecule has 0 bridgehead atoms. The molecule has 2 heterocycles. The Morgan fingerprint density at radius 2 is 1.95 bits per heavy atom. The van der Waals surface area contributed by atoms with E-state index in [9.17, 15) is 4.79 Å². The van der Waals surface area contributed by atoms with Crippen molar-refractivity contribution in [1.29, 1.82) is 0 Å². The van der Waals surface area contributed by atoms with Crippen LogP contribution in [0.15, 0.2) is 49.2 Å². The summed E-state index contributed by atoms with van der Waals surface area (Å²) in [5, 5.41) is 5.92. The number of amides is 1. The Kier molecular flexibility index (Phi) is 8.64. The van der Waals surface area contributed by atoms with Crippen molar-refractivity contribution in [3.63, 3.8) is 0 Å². The Morgan fingerprint density at radius 3 is 2.62 bits per heavy atom. The first-order valence-corrected chi connectivity index (χ1v) is 12.8. The minimum absolute atomic E-state index is 0.111. The molecule has 0 radical (unpaired) electrons. The molecule has 10 nitrogen and oxygen atoms in total. The van der Waals surface area contributed by atoms with Gasteiger partial charge in [0.1, 0.15) is 29.4 Å². The highest BCUT2D eigenvalue weighted by Gasteiger charge is 2.18. The Balaban J connectivity index is 1.70. The second-order valence-electron chi connectivity index (χ2n) is 9.73. The summed E-state index contributed by atoms with van der Waals surface area (Å²) in [5.74, 6) is 1.08. The molecule has 0 aliphatic rings. The summed E-state index contributed by atoms with van der Waals surface area (Å²) in [6, 6.07) is 8.49. The smallest absolute Gasteiger partial charge is 0.247 e. The summed E-state index contributed by atoms with van der Waals surface area (Å²) in [6.45, 7) is 10.5. The number of aryl methyl sites for hydroxylation is 1. The van der Waals surface area contributed by atoms with Gasteiger partial charge in [-0.3, -0.25) is 4.79 Å². The number of fused-ring (bicyclic) bond motifs is 1. The highest BCUT2D eigenvalue weighted by Crippen LogP contribution is 2.38. The van der Waals surface area contributed by atoms with Crippen molar-refractivity contribution in [2.45, 2.75) is 26.8 Å². The second-order valence-corrected chi connectivity index (χ2v) is 9.73. The molecule has 0 saturated carbocycles. The van der Waals surface area contributed by atoms with Crippen LogP contribution in [0.2, 0.25) is 0 Å². The third-order valence-electron chi connectivity index (χ3n) is 6.18. The number of ether oxygens (including phenoxy) is 2. The van der Waals surface area contributed by atoms with Gasteiger partial charge in [-0.1, -0.05) is 6.58 Å². The largest absolute Gasteiger partial charge is 0.494 e. The average molecular weight is 548 g/mol. The molecule has 2 N–H and O–H groups in total. The second kappa shape index (κ2) is 12.1. The van der Waals surface area contributed by atoms with Crippen LogP contribution in [-0.2, 0) is 4.79 Å². The minimum atomic E-state index is -0.419. The molecule has 4 aromatic rings. The van der Waals surface area contributed by atoms with E-state index in [-0.39, 0.29) is 17.9 Å². The lowest BCUT2D eigenvalue weighted by molar-refractivity contribution is -0.111. The van der Waals surface area contributed by atoms with Gasteiger partial charge in [0.2, 0.25) is 11.9 Å². The number of carbonyl (C=O) groups excluding carboxylic acids is 1. The molecule has 40 heavy (non-hydrogen) atoms. The predicted octanol–water partition coefficient (Wildman–Crippen LogP) is 5.34. The molecule has 0 aliphatic heterocycles. The first-order chi connectivity index (χ1) is 19.1. The zero-order chi connectivity index (χ0) is 29.0. The molecule has 0 spiro atoms. The normalized spacial score (nSPS) is 11.2. The van der Waals surface area contributed by atoms with E-state index in [1.54, 1.807) is 24.4 Å². The van der Waals surface area contributed by atoms with Crippen LogP contribution in [0.25, 0.3) is 22.3 Å². The molecule has 2 aromatic heterocycles. The maximum Gasteiger partial charge on any atom is 0.247 e. The lowest BCUT2D eigenvalue weighted by Crippen LogP contribution is -2.20. The number of nitrogens with zero attached hydrogens (tertiary/aromatic N) is 5. The Bertz CT molecular complexity index is 1550. The van der Waals surface area contributed by atoms with Crippen LogP contribution < -0.4 is 20.1 Å². The third-order valence-corrected chi connectivity index (χ3v) is 6.18. The van der Waals surface area contributed by atoms with E-state index in [4.69, 9.17) is 9.47 Å². The minimum Gasteiger partial charge on any atom is -0.494 e. The monoisotopic (exact) mass is 547 g/mol. The van der Waals surface area contributed by atoms with E-state index in [1.807, 2.05) is 50.4 Å². The van der Waals surface area contributed by atoms with Gasteiger partial charge < -0.3 is 29.6 Å². The van der Waals surface area contributed by atoms with Crippen LogP contribution in [0.5, 0.6) is 11.5 Å². The molecule has 210 valence electrons. The van der Waals surface area contributed by atoms with Crippen LogP contribution >= 0.6 is 0 Å². The van der Waals surface area contributed by atoms with E-state index >= 15 is 4.39 Å². The number of hydrogen-bond acceptors (Lipinski definition) is 8. The summed E-state index contributed by atoms with van der Waals surface area (Å²) in [7, 11) is 5.41. The molecule has 4 rings (SSSR count). The topological polar surface area (TPSA) is 106 Å². The molecule has 1 amide bonds. The molecular weight excluding hydrogens is 513 g/mol. The number of rotatable bonds is 11. The number of imidazole rings is 1. The molecular formula is C29H34FN7O3. The maximum atomic E-state index is 15.1. The van der Waals surface area contributed by atoms with E-state index in [1.165, 1.54) is 19.3 Å². The van der Waals surface area contributed by atoms with E-state index in [0.29, 0.717) is 58.3 Å². The van der Waals surface area contributed by atoms with Crippen molar-refractivity contribution >= 4 is 34.3 Å². The molecule has 2 aromatic carbocycles. The number of halogens is 1. The average Bonchev–Trinajstić information content (AvgIpc) is 3.26. The van der Waals surface area contributed by atoms with Crippen LogP contribution in [0.1, 0.15) is 25.7 Å². The van der Waals surface area contributed by atoms with Gasteiger partial charge in [-0.25, -0.2) is 19.3 Å². The Labute approximate surface area is 232 Å². The van der Waals surface area contributed by atoms with Crippen LogP contribution in [0, 0.1) is 12.7 Å². The first-order valence-electron chi connectivity index (χ1n) is 12.8. The molecule has 0 saturated heterocycles. The SMILES string of the molecule is C=CC(=O)Nc1cc(Nc2nccc(-c3cc(F)c4nc(C)n(C(C)C)c4c3)n2)c(OC)cc1OCCN(C)C. The quantitative estimate of drug-likeness (QED) is 0.243. The molecule has 0 unspecified atom stereocenters. The van der Waals surface area contributed by atoms with Gasteiger partial charge >= 0.3 is 0 Å². The zero-order valence-corrected chi connectivity index (χ0v) is 23.6. The van der Waals surface area contributed by atoms with Gasteiger partial charge in [-0.15, -0.1) is 0 Å². The highest BCUT2D eigenvalue weighted by atomic mass is 19.1. The molecule has 0 atom stereocenters. The van der Waals surface area contributed by atoms with Gasteiger partial charge in [0, 0.05) is 30.4 Å². The number of benzene rings is 2. The van der Waals surface area contributed by atoms with Gasteiger partial charge in [-0.2, -0.15) is 0 Å². The van der Waals surface area contributed by atoms with Crippen molar-refractivity contribution in [3.05, 3.63) is 60.8 Å². The maximum absolute atomic E-state index is 15.1. The Hall–Kier alpha value is -4.51. The van der Waals surface area contributed by atoms with Gasteiger partial charge in [0.15, 0.2) is 5.82 Å². The van der Waals surface area contributed by atoms with Crippen molar-refractivity contribution in [3.8, 4) is 22.8 Å². The van der Waals surface area contributed by atoms with E-state index in [2.05, 4.69) is 32.2 Å². The summed E-state index contributed by atoms with van der Waals surface area (Å²) >= 11 is 0. The number of carbonyl (C=O) groups is 1. The van der Waals surface area contributed by atoms with E-state index < -0.39 is 5.82 Å². The van der Waals surface area contributed by atoms with Crippen molar-refractivity contribution in [2.24, 2.45) is 0 Å². The standard InChI is InChI=1S/C29H34FN7O3/c1-8-27(38)33-23-15-22(25(39-7)16-26(23)40-12-11-36(5)6)35-29-31-10-9-21(34-29)19-13-20(30)28-24(14-19)37(17(2)3)18(4)32-28/h8-10,13-17H,1,11-12H2,2-7H3,(H,33,38)(H,31,34,35). The predicted molar refractivity (Wildman–Crippen MR) is 155 cm³/mol. The van der Waals surface area contributed by atoms with Crippen molar-refractivity contribution < 1.29 is 18.7 Å². The number of aromatic nitrogens is 4. The number of methoxy groups -OCH3 is 1. The number of hydrogen-bond donors (Lipinski definition) is 2. The van der Waals surface area contributed by atoms with Crippen molar-refractivity contribution in [1.82, 2.24) is 24.4 Å². The van der Waals surface area contributed by atoms with Crippen molar-refractivity contribution in [2.75, 3.05) is 45.0 Å². The molecule has 0 aliphatic carbocycles. The fourth-order valence-corrected chi connectivity index (χ4v) is 4.34. The van der Waals surface area contributed by atoms with Gasteiger partial charge in [-0.05, 0) is 65.2 Å². The van der Waals surface area contributed by atoms with Crippen LogP contribution in [0.4, 0.5) is 21.7 Å². The zero-order valence-electron chi connectivity index (χ0n) is 23.6. The molecule has 11 heteroatoms. The summed E-state index contributed by atoms with van der Waals surface area (Å²) in [4.78, 5) is 27.5. The number of likely N-dealkylation sites (N-methyl/N-ethyl adjacent to an activating group) is 1. The Morgan fingerprint density at radius 1 is 1.18 bits per heavy atom. The summed E-state index contributed by atoms with van der Waals surface area (Å²) in [6.07, 6.45) is 2.76. The highest BCUT2D eigenvalue weighted by molar-refractivity contribution is 6.00. The van der Waals surface area contributed by atoms with Gasteiger partial charge in [0.25, 0.3) is 0 Å². The number of nitrogens with one attached hydrogen (secondary N) is 2. The lowest BCUT2D eigenvalue weighted by atomic mass is 10.1. The van der Waals surface area contributed by atoms with Crippen LogP contribution in [0.3, 0.4) is 0 Å². The number of anilines is 3. The molecule has 0 fully saturated rings. The van der Waals surface area contributed by atoms with E-state index in [0.717, 1.165) is 5.82 Å². The van der Waals surface area contributed by atoms with Crippen LogP contribution in [-0.4, -0.2) is 64.7 Å². The fourth-order valence-electron chi connectivity index (χ4n) is 4.34. The lowest BCUT2D eigenvalue weighted by Gasteiger charge is -2.18. The van der Waals surface area contributed by atoms with Gasteiger partial charge in [0.05, 0.1) is 29.7 Å². The summed E-state index contributed by atoms with van der Waals surface area (Å²) < 4.78 is 28.6. The fraction of sp³-hybridized carbons (Fsp3) is 0.310. The first kappa shape index (κ1) is 28.5.